The lowest BCUT2D eigenvalue weighted by molar-refractivity contribution is -0.0592. The topological polar surface area (TPSA) is 111 Å². The van der Waals surface area contributed by atoms with E-state index in [4.69, 9.17) is 37.0 Å². The van der Waals surface area contributed by atoms with Crippen LogP contribution in [0.5, 0.6) is 5.75 Å². The van der Waals surface area contributed by atoms with Crippen molar-refractivity contribution < 1.29 is 23.5 Å². The van der Waals surface area contributed by atoms with Gasteiger partial charge in [-0.05, 0) is 54.3 Å². The fourth-order valence-corrected chi connectivity index (χ4v) is 5.28. The first-order chi connectivity index (χ1) is 20.4. The van der Waals surface area contributed by atoms with Crippen LogP contribution in [0.4, 0.5) is 8.78 Å². The maximum Gasteiger partial charge on any atom is 0.171 e. The van der Waals surface area contributed by atoms with Crippen LogP contribution in [0.2, 0.25) is 5.02 Å². The lowest BCUT2D eigenvalue weighted by atomic mass is 9.99. The first kappa shape index (κ1) is 28.1. The molecule has 0 bridgehead atoms. The van der Waals surface area contributed by atoms with Gasteiger partial charge in [-0.3, -0.25) is 4.90 Å². The van der Waals surface area contributed by atoms with Gasteiger partial charge in [-0.1, -0.05) is 35.0 Å². The first-order valence-corrected chi connectivity index (χ1v) is 14.0. The molecule has 2 aliphatic heterocycles. The number of hydrogen-bond donors (Lipinski definition) is 2. The molecule has 12 heteroatoms. The lowest BCUT2D eigenvalue weighted by Gasteiger charge is -2.29. The fraction of sp³-hybridized carbons (Fsp3) is 0.300. The van der Waals surface area contributed by atoms with Gasteiger partial charge in [0.25, 0.3) is 0 Å². The fourth-order valence-electron chi connectivity index (χ4n) is 5.13. The number of hydrogen-bond acceptors (Lipinski definition) is 7. The van der Waals surface area contributed by atoms with Gasteiger partial charge in [-0.2, -0.15) is 0 Å². The van der Waals surface area contributed by atoms with Crippen molar-refractivity contribution in [2.75, 3.05) is 19.7 Å². The highest BCUT2D eigenvalue weighted by atomic mass is 35.5. The van der Waals surface area contributed by atoms with E-state index in [0.29, 0.717) is 36.3 Å². The van der Waals surface area contributed by atoms with E-state index in [9.17, 15) is 8.78 Å². The van der Waals surface area contributed by atoms with Crippen LogP contribution in [0.1, 0.15) is 35.4 Å². The lowest BCUT2D eigenvalue weighted by Crippen LogP contribution is -2.33. The molecule has 0 saturated carbocycles. The van der Waals surface area contributed by atoms with E-state index < -0.39 is 11.6 Å². The van der Waals surface area contributed by atoms with Gasteiger partial charge in [0.15, 0.2) is 23.0 Å². The molecule has 1 fully saturated rings. The Bertz CT molecular complexity index is 1690. The van der Waals surface area contributed by atoms with Crippen molar-refractivity contribution in [3.8, 4) is 5.75 Å². The molecule has 0 spiro atoms. The van der Waals surface area contributed by atoms with Gasteiger partial charge in [0.2, 0.25) is 0 Å². The summed E-state index contributed by atoms with van der Waals surface area (Å²) in [4.78, 5) is 11.7. The van der Waals surface area contributed by atoms with Crippen molar-refractivity contribution in [1.82, 2.24) is 19.4 Å². The third kappa shape index (κ3) is 5.94. The molecule has 0 amide bonds. The normalized spacial score (nSPS) is 17.7. The average molecular weight is 595 g/mol. The number of nitrogens with two attached hydrogens (primary N) is 1. The van der Waals surface area contributed by atoms with E-state index in [-0.39, 0.29) is 29.3 Å². The van der Waals surface area contributed by atoms with Crippen LogP contribution in [0.15, 0.2) is 59.9 Å². The Hall–Kier alpha value is -4.06. The molecule has 4 aromatic rings. The smallest absolute Gasteiger partial charge is 0.171 e. The average Bonchev–Trinajstić information content (AvgIpc) is 3.31. The molecular formula is C30H29ClF2N6O3. The molecule has 0 radical (unpaired) electrons. The number of amidine groups is 1. The van der Waals surface area contributed by atoms with Crippen LogP contribution >= 0.6 is 11.6 Å². The van der Waals surface area contributed by atoms with Gasteiger partial charge < -0.3 is 25.0 Å². The third-order valence-corrected chi connectivity index (χ3v) is 7.84. The molecule has 4 heterocycles. The summed E-state index contributed by atoms with van der Waals surface area (Å²) in [5.41, 5.74) is 9.88. The molecule has 2 aromatic heterocycles. The predicted molar refractivity (Wildman–Crippen MR) is 154 cm³/mol. The molecule has 218 valence electrons. The zero-order valence-corrected chi connectivity index (χ0v) is 23.4. The van der Waals surface area contributed by atoms with Gasteiger partial charge in [-0.25, -0.2) is 18.7 Å². The number of imidazole rings is 1. The quantitative estimate of drug-likeness (QED) is 0.120. The Balaban J connectivity index is 1.17. The van der Waals surface area contributed by atoms with Crippen molar-refractivity contribution >= 4 is 34.2 Å². The molecule has 1 unspecified atom stereocenters. The van der Waals surface area contributed by atoms with E-state index >= 15 is 0 Å². The largest absolute Gasteiger partial charge is 0.486 e. The number of halogens is 3. The second kappa shape index (κ2) is 12.0. The molecule has 42 heavy (non-hydrogen) atoms. The predicted octanol–water partition coefficient (Wildman–Crippen LogP) is 5.11. The number of nitrogens with zero attached hydrogens (tertiary/aromatic N) is 5. The SMILES string of the molecule is NC(=NO)c1cnc2c(c1)nc(CN1CC=C(c3ccc(F)c(OCc4ccc(Cl)cc4F)c3)CC1)n2CC1CCO1. The van der Waals surface area contributed by atoms with Crippen LogP contribution in [0.25, 0.3) is 16.7 Å². The van der Waals surface area contributed by atoms with Crippen molar-refractivity contribution in [2.24, 2.45) is 10.9 Å². The second-order valence-electron chi connectivity index (χ2n) is 10.4. The van der Waals surface area contributed by atoms with Gasteiger partial charge in [0.05, 0.1) is 19.2 Å². The summed E-state index contributed by atoms with van der Waals surface area (Å²) in [6.07, 6.45) is 5.54. The summed E-state index contributed by atoms with van der Waals surface area (Å²) < 4.78 is 42.1. The second-order valence-corrected chi connectivity index (χ2v) is 10.8. The van der Waals surface area contributed by atoms with E-state index in [1.165, 1.54) is 18.2 Å². The summed E-state index contributed by atoms with van der Waals surface area (Å²) in [5.74, 6) is -0.112. The zero-order valence-electron chi connectivity index (χ0n) is 22.6. The molecule has 2 aromatic carbocycles. The van der Waals surface area contributed by atoms with Gasteiger partial charge in [0.1, 0.15) is 23.8 Å². The first-order valence-electron chi connectivity index (χ1n) is 13.6. The molecule has 2 aliphatic rings. The van der Waals surface area contributed by atoms with Crippen molar-refractivity contribution in [3.05, 3.63) is 93.9 Å². The number of pyridine rings is 1. The van der Waals surface area contributed by atoms with E-state index in [0.717, 1.165) is 48.6 Å². The van der Waals surface area contributed by atoms with Gasteiger partial charge >= 0.3 is 0 Å². The summed E-state index contributed by atoms with van der Waals surface area (Å²) in [6.45, 7) is 3.32. The number of fused-ring (bicyclic) bond motifs is 1. The van der Waals surface area contributed by atoms with E-state index in [1.54, 1.807) is 30.5 Å². The highest BCUT2D eigenvalue weighted by Crippen LogP contribution is 2.29. The van der Waals surface area contributed by atoms with Crippen LogP contribution in [0, 0.1) is 11.6 Å². The molecule has 1 atom stereocenters. The van der Waals surface area contributed by atoms with Crippen molar-refractivity contribution in [3.63, 3.8) is 0 Å². The highest BCUT2D eigenvalue weighted by Gasteiger charge is 2.24. The standard InChI is InChI=1S/C30H29ClF2N6O3/c31-22-3-1-20(25(33)13-22)17-42-27-12-19(2-4-24(27)32)18-5-8-38(9-6-18)16-28-36-26-11-21(29(34)37-40)14-35-30(26)39(28)15-23-7-10-41-23/h1-5,11-14,23,40H,6-10,15-17H2,(H2,34,37). The molecule has 0 aliphatic carbocycles. The summed E-state index contributed by atoms with van der Waals surface area (Å²) in [5, 5.41) is 12.4. The summed E-state index contributed by atoms with van der Waals surface area (Å²) in [6, 6.07) is 10.8. The zero-order chi connectivity index (χ0) is 29.2. The Kier molecular flexibility index (Phi) is 8.05. The minimum atomic E-state index is -0.510. The van der Waals surface area contributed by atoms with Crippen LogP contribution in [-0.4, -0.2) is 56.3 Å². The van der Waals surface area contributed by atoms with E-state index in [1.807, 2.05) is 0 Å². The minimum Gasteiger partial charge on any atom is -0.486 e. The Labute approximate surface area is 245 Å². The molecule has 3 N–H and O–H groups in total. The summed E-state index contributed by atoms with van der Waals surface area (Å²) >= 11 is 5.82. The summed E-state index contributed by atoms with van der Waals surface area (Å²) in [7, 11) is 0. The Morgan fingerprint density at radius 2 is 2.05 bits per heavy atom. The van der Waals surface area contributed by atoms with Crippen molar-refractivity contribution in [1.29, 1.82) is 0 Å². The molecule has 9 nitrogen and oxygen atoms in total. The molecular weight excluding hydrogens is 566 g/mol. The third-order valence-electron chi connectivity index (χ3n) is 7.61. The monoisotopic (exact) mass is 594 g/mol. The highest BCUT2D eigenvalue weighted by molar-refractivity contribution is 6.30. The van der Waals surface area contributed by atoms with Crippen LogP contribution in [-0.2, 0) is 24.4 Å². The Morgan fingerprint density at radius 3 is 2.76 bits per heavy atom. The number of oxime groups is 1. The van der Waals surface area contributed by atoms with Gasteiger partial charge in [-0.15, -0.1) is 0 Å². The van der Waals surface area contributed by atoms with Crippen molar-refractivity contribution in [2.45, 2.75) is 38.6 Å². The number of rotatable bonds is 9. The Morgan fingerprint density at radius 1 is 1.19 bits per heavy atom. The van der Waals surface area contributed by atoms with Crippen LogP contribution in [0.3, 0.4) is 0 Å². The molecule has 6 rings (SSSR count). The molecule has 1 saturated heterocycles. The number of benzene rings is 2. The number of aromatic nitrogens is 3. The maximum absolute atomic E-state index is 14.5. The minimum absolute atomic E-state index is 0.0250. The van der Waals surface area contributed by atoms with Gasteiger partial charge in [0, 0.05) is 42.0 Å². The van der Waals surface area contributed by atoms with E-state index in [2.05, 4.69) is 25.7 Å². The van der Waals surface area contributed by atoms with Crippen LogP contribution < -0.4 is 10.5 Å². The maximum atomic E-state index is 14.5. The number of ether oxygens (including phenoxy) is 2.